The topological polar surface area (TPSA) is 43.6 Å². The summed E-state index contributed by atoms with van der Waals surface area (Å²) in [5, 5.41) is 4.76. The highest BCUT2D eigenvalue weighted by atomic mass is 35.5. The van der Waals surface area contributed by atoms with Crippen LogP contribution < -0.4 is 4.74 Å². The summed E-state index contributed by atoms with van der Waals surface area (Å²) in [6.45, 7) is 1.55. The second kappa shape index (κ2) is 5.22. The molecule has 0 fully saturated rings. The molecule has 106 valence electrons. The van der Waals surface area contributed by atoms with E-state index in [0.29, 0.717) is 16.3 Å². The van der Waals surface area contributed by atoms with Crippen molar-refractivity contribution in [2.45, 2.75) is 6.92 Å². The summed E-state index contributed by atoms with van der Waals surface area (Å²) in [7, 11) is 1.60. The Bertz CT molecular complexity index is 822. The van der Waals surface area contributed by atoms with Crippen molar-refractivity contribution in [1.82, 2.24) is 9.61 Å². The lowest BCUT2D eigenvalue weighted by molar-refractivity contribution is 0.101. The number of Topliss-reactive ketones (excluding diaryl/α,β-unsaturated/α-hetero) is 1. The van der Waals surface area contributed by atoms with E-state index in [-0.39, 0.29) is 5.78 Å². The predicted molar refractivity (Wildman–Crippen MR) is 82.2 cm³/mol. The van der Waals surface area contributed by atoms with Gasteiger partial charge in [0.1, 0.15) is 11.3 Å². The van der Waals surface area contributed by atoms with Gasteiger partial charge in [-0.25, -0.2) is 4.52 Å². The SMILES string of the molecule is COc1cc(-c2ccc(C(C)=O)cc2)cn2ncc(Cl)c12. The summed E-state index contributed by atoms with van der Waals surface area (Å²) in [6.07, 6.45) is 3.47. The van der Waals surface area contributed by atoms with Crippen LogP contribution in [0.4, 0.5) is 0 Å². The van der Waals surface area contributed by atoms with Gasteiger partial charge in [0.15, 0.2) is 5.78 Å². The van der Waals surface area contributed by atoms with Crippen molar-refractivity contribution in [3.8, 4) is 16.9 Å². The van der Waals surface area contributed by atoms with Crippen molar-refractivity contribution in [1.29, 1.82) is 0 Å². The molecule has 4 nitrogen and oxygen atoms in total. The molecule has 21 heavy (non-hydrogen) atoms. The third-order valence-electron chi connectivity index (χ3n) is 3.38. The molecule has 0 radical (unpaired) electrons. The lowest BCUT2D eigenvalue weighted by Gasteiger charge is -2.08. The van der Waals surface area contributed by atoms with Crippen LogP contribution in [-0.2, 0) is 0 Å². The Morgan fingerprint density at radius 3 is 2.57 bits per heavy atom. The fourth-order valence-corrected chi connectivity index (χ4v) is 2.48. The van der Waals surface area contributed by atoms with Crippen LogP contribution in [0.2, 0.25) is 5.02 Å². The molecule has 0 bridgehead atoms. The molecule has 0 amide bonds. The van der Waals surface area contributed by atoms with E-state index >= 15 is 0 Å². The van der Waals surface area contributed by atoms with Gasteiger partial charge in [-0.3, -0.25) is 4.79 Å². The summed E-state index contributed by atoms with van der Waals surface area (Å²) in [5.74, 6) is 0.707. The zero-order valence-corrected chi connectivity index (χ0v) is 12.4. The van der Waals surface area contributed by atoms with Crippen LogP contribution in [0, 0.1) is 0 Å². The van der Waals surface area contributed by atoms with E-state index in [9.17, 15) is 4.79 Å². The first-order chi connectivity index (χ1) is 10.1. The number of hydrogen-bond acceptors (Lipinski definition) is 3. The number of ether oxygens (including phenoxy) is 1. The number of aromatic nitrogens is 2. The summed E-state index contributed by atoms with van der Waals surface area (Å²) < 4.78 is 7.08. The molecule has 0 saturated carbocycles. The summed E-state index contributed by atoms with van der Waals surface area (Å²) in [5.41, 5.74) is 3.35. The number of fused-ring (bicyclic) bond motifs is 1. The Balaban J connectivity index is 2.14. The molecule has 2 heterocycles. The maximum absolute atomic E-state index is 11.3. The lowest BCUT2D eigenvalue weighted by atomic mass is 10.0. The quantitative estimate of drug-likeness (QED) is 0.690. The molecule has 0 spiro atoms. The van der Waals surface area contributed by atoms with Crippen LogP contribution in [0.15, 0.2) is 42.7 Å². The second-order valence-electron chi connectivity index (χ2n) is 4.72. The Hall–Kier alpha value is -2.33. The highest BCUT2D eigenvalue weighted by Crippen LogP contribution is 2.31. The Kier molecular flexibility index (Phi) is 3.39. The van der Waals surface area contributed by atoms with Gasteiger partial charge in [-0.1, -0.05) is 35.9 Å². The molecule has 1 aromatic carbocycles. The first kappa shape index (κ1) is 13.6. The lowest BCUT2D eigenvalue weighted by Crippen LogP contribution is -1.94. The average Bonchev–Trinajstić information content (AvgIpc) is 2.88. The normalized spacial score (nSPS) is 10.8. The highest BCUT2D eigenvalue weighted by Gasteiger charge is 2.11. The maximum atomic E-state index is 11.3. The van der Waals surface area contributed by atoms with Gasteiger partial charge in [-0.2, -0.15) is 5.10 Å². The van der Waals surface area contributed by atoms with Crippen molar-refractivity contribution in [2.75, 3.05) is 7.11 Å². The predicted octanol–water partition coefficient (Wildman–Crippen LogP) is 3.87. The minimum Gasteiger partial charge on any atom is -0.494 e. The molecule has 5 heteroatoms. The second-order valence-corrected chi connectivity index (χ2v) is 5.12. The van der Waals surface area contributed by atoms with E-state index in [1.54, 1.807) is 24.7 Å². The third kappa shape index (κ3) is 2.38. The van der Waals surface area contributed by atoms with Gasteiger partial charge in [-0.05, 0) is 18.6 Å². The van der Waals surface area contributed by atoms with Gasteiger partial charge in [0.25, 0.3) is 0 Å². The van der Waals surface area contributed by atoms with E-state index in [4.69, 9.17) is 16.3 Å². The zero-order chi connectivity index (χ0) is 15.0. The Labute approximate surface area is 126 Å². The summed E-state index contributed by atoms with van der Waals surface area (Å²) in [4.78, 5) is 11.3. The first-order valence-corrected chi connectivity index (χ1v) is 6.80. The van der Waals surface area contributed by atoms with Gasteiger partial charge in [-0.15, -0.1) is 0 Å². The van der Waals surface area contributed by atoms with Gasteiger partial charge < -0.3 is 4.74 Å². The van der Waals surface area contributed by atoms with Gasteiger partial charge in [0, 0.05) is 17.3 Å². The van der Waals surface area contributed by atoms with Crippen molar-refractivity contribution < 1.29 is 9.53 Å². The molecule has 0 aliphatic rings. The van der Waals surface area contributed by atoms with Crippen LogP contribution in [-0.4, -0.2) is 22.5 Å². The molecule has 0 aliphatic heterocycles. The number of nitrogens with zero attached hydrogens (tertiary/aromatic N) is 2. The largest absolute Gasteiger partial charge is 0.494 e. The van der Waals surface area contributed by atoms with E-state index < -0.39 is 0 Å². The number of ketones is 1. The number of rotatable bonds is 3. The smallest absolute Gasteiger partial charge is 0.159 e. The van der Waals surface area contributed by atoms with Crippen molar-refractivity contribution in [2.24, 2.45) is 0 Å². The van der Waals surface area contributed by atoms with Crippen molar-refractivity contribution in [3.63, 3.8) is 0 Å². The molecule has 0 atom stereocenters. The minimum atomic E-state index is 0.0495. The standard InChI is InChI=1S/C16H13ClN2O2/c1-10(20)11-3-5-12(6-4-11)13-7-15(21-2)16-14(17)8-18-19(16)9-13/h3-9H,1-2H3. The van der Waals surface area contributed by atoms with Crippen LogP contribution in [0.3, 0.4) is 0 Å². The number of carbonyl (C=O) groups excluding carboxylic acids is 1. The molecule has 0 saturated heterocycles. The molecule has 2 aromatic heterocycles. The highest BCUT2D eigenvalue weighted by molar-refractivity contribution is 6.34. The molecule has 0 aliphatic carbocycles. The third-order valence-corrected chi connectivity index (χ3v) is 3.65. The molecular weight excluding hydrogens is 288 g/mol. The number of hydrogen-bond donors (Lipinski definition) is 0. The van der Waals surface area contributed by atoms with Crippen molar-refractivity contribution >= 4 is 22.9 Å². The van der Waals surface area contributed by atoms with E-state index in [0.717, 1.165) is 16.6 Å². The van der Waals surface area contributed by atoms with E-state index in [1.807, 2.05) is 36.5 Å². The van der Waals surface area contributed by atoms with Gasteiger partial charge in [0.05, 0.1) is 18.3 Å². The Morgan fingerprint density at radius 1 is 1.24 bits per heavy atom. The fourth-order valence-electron chi connectivity index (χ4n) is 2.26. The average molecular weight is 301 g/mol. The molecule has 3 aromatic rings. The van der Waals surface area contributed by atoms with Gasteiger partial charge >= 0.3 is 0 Å². The fraction of sp³-hybridized carbons (Fsp3) is 0.125. The molecule has 3 rings (SSSR count). The minimum absolute atomic E-state index is 0.0495. The van der Waals surface area contributed by atoms with Crippen molar-refractivity contribution in [3.05, 3.63) is 53.3 Å². The number of halogens is 1. The number of carbonyl (C=O) groups is 1. The molecule has 0 N–H and O–H groups in total. The number of methoxy groups -OCH3 is 1. The number of benzene rings is 1. The molecular formula is C16H13ClN2O2. The van der Waals surface area contributed by atoms with E-state index in [2.05, 4.69) is 5.10 Å². The van der Waals surface area contributed by atoms with Crippen LogP contribution in [0.25, 0.3) is 16.6 Å². The maximum Gasteiger partial charge on any atom is 0.159 e. The monoisotopic (exact) mass is 300 g/mol. The Morgan fingerprint density at radius 2 is 1.95 bits per heavy atom. The summed E-state index contributed by atoms with van der Waals surface area (Å²) >= 11 is 6.11. The van der Waals surface area contributed by atoms with Crippen LogP contribution in [0.5, 0.6) is 5.75 Å². The molecule has 0 unspecified atom stereocenters. The van der Waals surface area contributed by atoms with E-state index in [1.165, 1.54) is 0 Å². The summed E-state index contributed by atoms with van der Waals surface area (Å²) in [6, 6.07) is 9.34. The van der Waals surface area contributed by atoms with Crippen LogP contribution in [0.1, 0.15) is 17.3 Å². The number of pyridine rings is 1. The zero-order valence-electron chi connectivity index (χ0n) is 11.6. The van der Waals surface area contributed by atoms with Gasteiger partial charge in [0.2, 0.25) is 0 Å². The van der Waals surface area contributed by atoms with Crippen LogP contribution >= 0.6 is 11.6 Å². The first-order valence-electron chi connectivity index (χ1n) is 6.42.